The molecule has 2 rings (SSSR count). The number of nitrogens with zero attached hydrogens (tertiary/aromatic N) is 1. The molecule has 0 spiro atoms. The number of carbonyl (C=O) groups is 3. The Labute approximate surface area is 186 Å². The van der Waals surface area contributed by atoms with Crippen LogP contribution in [0, 0.1) is 11.8 Å². The van der Waals surface area contributed by atoms with Gasteiger partial charge >= 0.3 is 5.97 Å². The molecule has 0 bridgehead atoms. The number of hydrogen-bond acceptors (Lipinski definition) is 5. The van der Waals surface area contributed by atoms with Crippen molar-refractivity contribution in [1.29, 1.82) is 0 Å². The highest BCUT2D eigenvalue weighted by Gasteiger charge is 2.35. The van der Waals surface area contributed by atoms with Crippen molar-refractivity contribution < 1.29 is 23.9 Å². The summed E-state index contributed by atoms with van der Waals surface area (Å²) in [6.07, 6.45) is 0.594. The van der Waals surface area contributed by atoms with Crippen LogP contribution in [0.4, 0.5) is 0 Å². The minimum Gasteiger partial charge on any atom is -0.492 e. The highest BCUT2D eigenvalue weighted by molar-refractivity contribution is 9.10. The Kier molecular flexibility index (Phi) is 9.14. The maximum Gasteiger partial charge on any atom is 0.308 e. The van der Waals surface area contributed by atoms with Crippen molar-refractivity contribution >= 4 is 33.7 Å². The van der Waals surface area contributed by atoms with Crippen LogP contribution in [0.5, 0.6) is 5.75 Å². The monoisotopic (exact) mass is 482 g/mol. The molecule has 0 saturated carbocycles. The zero-order chi connectivity index (χ0) is 22.3. The molecule has 0 radical (unpaired) electrons. The lowest BCUT2D eigenvalue weighted by atomic mass is 10.1. The number of nitrogens with one attached hydrogen (secondary N) is 1. The third-order valence-electron chi connectivity index (χ3n) is 4.66. The minimum atomic E-state index is -0.881. The number of benzene rings is 1. The molecule has 1 aliphatic rings. The lowest BCUT2D eigenvalue weighted by Crippen LogP contribution is -2.57. The molecule has 1 N–H and O–H groups in total. The minimum absolute atomic E-state index is 0.160. The van der Waals surface area contributed by atoms with Gasteiger partial charge < -0.3 is 19.7 Å². The molecule has 1 fully saturated rings. The molecular weight excluding hydrogens is 452 g/mol. The first-order chi connectivity index (χ1) is 14.2. The number of esters is 1. The van der Waals surface area contributed by atoms with Gasteiger partial charge in [0.05, 0.1) is 24.1 Å². The van der Waals surface area contributed by atoms with Crippen LogP contribution in [0.1, 0.15) is 50.9 Å². The average molecular weight is 483 g/mol. The number of hydrogen-bond donors (Lipinski definition) is 1. The van der Waals surface area contributed by atoms with E-state index in [9.17, 15) is 14.4 Å². The maximum atomic E-state index is 13.1. The van der Waals surface area contributed by atoms with E-state index < -0.39 is 12.0 Å². The summed E-state index contributed by atoms with van der Waals surface area (Å²) < 4.78 is 11.6. The van der Waals surface area contributed by atoms with Crippen molar-refractivity contribution in [3.05, 3.63) is 28.2 Å². The molecule has 30 heavy (non-hydrogen) atoms. The van der Waals surface area contributed by atoms with E-state index in [2.05, 4.69) is 35.1 Å². The first-order valence-corrected chi connectivity index (χ1v) is 11.1. The van der Waals surface area contributed by atoms with E-state index >= 15 is 0 Å². The predicted octanol–water partition coefficient (Wildman–Crippen LogP) is 3.40. The molecule has 0 aliphatic carbocycles. The third-order valence-corrected chi connectivity index (χ3v) is 5.28. The number of amides is 2. The average Bonchev–Trinajstić information content (AvgIpc) is 2.67. The van der Waals surface area contributed by atoms with Crippen LogP contribution in [-0.2, 0) is 14.3 Å². The molecule has 8 heteroatoms. The van der Waals surface area contributed by atoms with Crippen molar-refractivity contribution in [3.8, 4) is 5.75 Å². The van der Waals surface area contributed by atoms with E-state index in [-0.39, 0.29) is 18.2 Å². The second kappa shape index (κ2) is 11.3. The van der Waals surface area contributed by atoms with Crippen LogP contribution in [-0.4, -0.2) is 55.0 Å². The SMILES string of the molecule is CC(C)CCOC(=O)CC1C(=O)NCCN1C(=O)c1ccc(OCC(C)C)c(Br)c1. The summed E-state index contributed by atoms with van der Waals surface area (Å²) in [6.45, 7) is 9.75. The van der Waals surface area contributed by atoms with E-state index in [1.165, 1.54) is 4.90 Å². The molecule has 1 atom stereocenters. The molecule has 1 saturated heterocycles. The molecule has 1 aromatic carbocycles. The van der Waals surface area contributed by atoms with Crippen molar-refractivity contribution in [1.82, 2.24) is 10.2 Å². The normalized spacial score (nSPS) is 16.6. The fourth-order valence-electron chi connectivity index (χ4n) is 2.96. The van der Waals surface area contributed by atoms with E-state index in [1.807, 2.05) is 13.8 Å². The van der Waals surface area contributed by atoms with Gasteiger partial charge in [0, 0.05) is 18.7 Å². The lowest BCUT2D eigenvalue weighted by Gasteiger charge is -2.34. The Morgan fingerprint density at radius 2 is 1.97 bits per heavy atom. The topological polar surface area (TPSA) is 84.9 Å². The summed E-state index contributed by atoms with van der Waals surface area (Å²) in [6, 6.07) is 4.21. The van der Waals surface area contributed by atoms with Gasteiger partial charge in [-0.25, -0.2) is 0 Å². The van der Waals surface area contributed by atoms with Crippen molar-refractivity contribution in [2.45, 2.75) is 46.6 Å². The molecule has 1 unspecified atom stereocenters. The molecule has 1 aromatic rings. The van der Waals surface area contributed by atoms with Gasteiger partial charge in [0.1, 0.15) is 11.8 Å². The Hall–Kier alpha value is -2.09. The number of ether oxygens (including phenoxy) is 2. The van der Waals surface area contributed by atoms with Crippen LogP contribution in [0.25, 0.3) is 0 Å². The highest BCUT2D eigenvalue weighted by atomic mass is 79.9. The Balaban J connectivity index is 2.08. The lowest BCUT2D eigenvalue weighted by molar-refractivity contribution is -0.148. The fourth-order valence-corrected chi connectivity index (χ4v) is 3.45. The van der Waals surface area contributed by atoms with Gasteiger partial charge in [-0.3, -0.25) is 14.4 Å². The standard InChI is InChI=1S/C22H31BrN2O5/c1-14(2)7-10-29-20(26)12-18-21(27)24-8-9-25(18)22(28)16-5-6-19(17(23)11-16)30-13-15(3)4/h5-6,11,14-15,18H,7-10,12-13H2,1-4H3,(H,24,27). The first kappa shape index (κ1) is 24.2. The van der Waals surface area contributed by atoms with Crippen LogP contribution in [0.2, 0.25) is 0 Å². The second-order valence-electron chi connectivity index (χ2n) is 8.26. The molecule has 166 valence electrons. The van der Waals surface area contributed by atoms with Crippen LogP contribution in [0.15, 0.2) is 22.7 Å². The van der Waals surface area contributed by atoms with E-state index in [0.717, 1.165) is 6.42 Å². The zero-order valence-electron chi connectivity index (χ0n) is 18.1. The number of rotatable bonds is 9. The summed E-state index contributed by atoms with van der Waals surface area (Å²) in [5.41, 5.74) is 0.423. The summed E-state index contributed by atoms with van der Waals surface area (Å²) >= 11 is 3.45. The molecule has 1 heterocycles. The molecular formula is C22H31BrN2O5. The smallest absolute Gasteiger partial charge is 0.308 e. The summed E-state index contributed by atoms with van der Waals surface area (Å²) in [5.74, 6) is 0.328. The maximum absolute atomic E-state index is 13.1. The summed E-state index contributed by atoms with van der Waals surface area (Å²) in [4.78, 5) is 39.1. The van der Waals surface area contributed by atoms with Gasteiger partial charge in [-0.05, 0) is 52.4 Å². The van der Waals surface area contributed by atoms with E-state index in [1.54, 1.807) is 18.2 Å². The fraction of sp³-hybridized carbons (Fsp3) is 0.591. The van der Waals surface area contributed by atoms with Gasteiger partial charge in [0.25, 0.3) is 5.91 Å². The second-order valence-corrected chi connectivity index (χ2v) is 9.12. The van der Waals surface area contributed by atoms with Gasteiger partial charge in [0.2, 0.25) is 5.91 Å². The molecule has 7 nitrogen and oxygen atoms in total. The van der Waals surface area contributed by atoms with Crippen LogP contribution >= 0.6 is 15.9 Å². The van der Waals surface area contributed by atoms with Crippen molar-refractivity contribution in [3.63, 3.8) is 0 Å². The summed E-state index contributed by atoms with van der Waals surface area (Å²) in [7, 11) is 0. The molecule has 2 amide bonds. The largest absolute Gasteiger partial charge is 0.492 e. The van der Waals surface area contributed by atoms with Crippen molar-refractivity contribution in [2.75, 3.05) is 26.3 Å². The first-order valence-electron chi connectivity index (χ1n) is 10.4. The molecule has 1 aliphatic heterocycles. The predicted molar refractivity (Wildman–Crippen MR) is 117 cm³/mol. The van der Waals surface area contributed by atoms with E-state index in [4.69, 9.17) is 9.47 Å². The van der Waals surface area contributed by atoms with E-state index in [0.29, 0.717) is 53.9 Å². The number of carbonyl (C=O) groups excluding carboxylic acids is 3. The van der Waals surface area contributed by atoms with Gasteiger partial charge in [-0.2, -0.15) is 0 Å². The van der Waals surface area contributed by atoms with Gasteiger partial charge in [-0.1, -0.05) is 27.7 Å². The Bertz CT molecular complexity index is 766. The van der Waals surface area contributed by atoms with Gasteiger partial charge in [-0.15, -0.1) is 0 Å². The zero-order valence-corrected chi connectivity index (χ0v) is 19.7. The van der Waals surface area contributed by atoms with Crippen LogP contribution in [0.3, 0.4) is 0 Å². The highest BCUT2D eigenvalue weighted by Crippen LogP contribution is 2.27. The van der Waals surface area contributed by atoms with Crippen molar-refractivity contribution in [2.24, 2.45) is 11.8 Å². The quantitative estimate of drug-likeness (QED) is 0.545. The van der Waals surface area contributed by atoms with Crippen LogP contribution < -0.4 is 10.1 Å². The summed E-state index contributed by atoms with van der Waals surface area (Å²) in [5, 5.41) is 2.73. The van der Waals surface area contributed by atoms with Gasteiger partial charge in [0.15, 0.2) is 0 Å². The number of halogens is 1. The molecule has 0 aromatic heterocycles. The Morgan fingerprint density at radius 3 is 2.60 bits per heavy atom. The number of piperazine rings is 1. The Morgan fingerprint density at radius 1 is 1.23 bits per heavy atom. The third kappa shape index (κ3) is 7.00.